The molecule has 0 radical (unpaired) electrons. The van der Waals surface area contributed by atoms with E-state index < -0.39 is 0 Å². The number of thioether (sulfide) groups is 1. The molecule has 2 unspecified atom stereocenters. The van der Waals surface area contributed by atoms with E-state index in [2.05, 4.69) is 35.3 Å². The molecule has 3 nitrogen and oxygen atoms in total. The molecule has 0 aromatic carbocycles. The zero-order valence-electron chi connectivity index (χ0n) is 12.3. The van der Waals surface area contributed by atoms with Gasteiger partial charge in [-0.2, -0.15) is 23.1 Å². The number of thiophene rings is 1. The van der Waals surface area contributed by atoms with E-state index in [-0.39, 0.29) is 18.1 Å². The Labute approximate surface area is 130 Å². The molecule has 1 fully saturated rings. The van der Waals surface area contributed by atoms with E-state index in [0.717, 1.165) is 19.4 Å². The third-order valence-corrected chi connectivity index (χ3v) is 5.16. The number of unbranched alkanes of at least 4 members (excludes halogenated alkanes) is 2. The van der Waals surface area contributed by atoms with E-state index in [1.54, 1.807) is 11.3 Å². The molecule has 1 aromatic rings. The molecule has 2 atom stereocenters. The highest BCUT2D eigenvalue weighted by Gasteiger charge is 2.38. The van der Waals surface area contributed by atoms with Crippen molar-refractivity contribution in [3.05, 3.63) is 22.4 Å². The summed E-state index contributed by atoms with van der Waals surface area (Å²) in [7, 11) is 0. The summed E-state index contributed by atoms with van der Waals surface area (Å²) in [6, 6.07) is 2.11. The maximum atomic E-state index is 12.4. The largest absolute Gasteiger partial charge is 0.322 e. The van der Waals surface area contributed by atoms with Crippen LogP contribution in [-0.2, 0) is 4.79 Å². The third-order valence-electron chi connectivity index (χ3n) is 3.77. The average Bonchev–Trinajstić information content (AvgIpc) is 3.07. The molecular formula is C15H24N2OS2. The summed E-state index contributed by atoms with van der Waals surface area (Å²) in [5, 5.41) is 7.70. The van der Waals surface area contributed by atoms with E-state index in [0.29, 0.717) is 0 Å². The van der Waals surface area contributed by atoms with E-state index in [1.807, 2.05) is 16.7 Å². The molecule has 1 N–H and O–H groups in total. The van der Waals surface area contributed by atoms with Crippen LogP contribution < -0.4 is 5.32 Å². The summed E-state index contributed by atoms with van der Waals surface area (Å²) in [6.45, 7) is 2.94. The Balaban J connectivity index is 1.93. The normalized spacial score (nSPS) is 22.7. The highest BCUT2D eigenvalue weighted by Crippen LogP contribution is 2.28. The quantitative estimate of drug-likeness (QED) is 0.746. The number of hydrogen-bond donors (Lipinski definition) is 1. The summed E-state index contributed by atoms with van der Waals surface area (Å²) in [5.74, 6) is 1.49. The lowest BCUT2D eigenvalue weighted by Gasteiger charge is -2.23. The summed E-state index contributed by atoms with van der Waals surface area (Å²) in [4.78, 5) is 14.5. The lowest BCUT2D eigenvalue weighted by molar-refractivity contribution is -0.130. The van der Waals surface area contributed by atoms with Crippen LogP contribution >= 0.6 is 23.1 Å². The molecule has 0 saturated carbocycles. The molecule has 1 aliphatic heterocycles. The van der Waals surface area contributed by atoms with Gasteiger partial charge in [0.25, 0.3) is 0 Å². The van der Waals surface area contributed by atoms with E-state index >= 15 is 0 Å². The Morgan fingerprint density at radius 1 is 1.40 bits per heavy atom. The van der Waals surface area contributed by atoms with Gasteiger partial charge < -0.3 is 4.90 Å². The van der Waals surface area contributed by atoms with Crippen LogP contribution in [0.3, 0.4) is 0 Å². The minimum atomic E-state index is -0.00824. The van der Waals surface area contributed by atoms with Crippen molar-refractivity contribution in [3.63, 3.8) is 0 Å². The smallest absolute Gasteiger partial charge is 0.241 e. The number of hydrogen-bond acceptors (Lipinski definition) is 4. The van der Waals surface area contributed by atoms with Gasteiger partial charge in [0.15, 0.2) is 0 Å². The van der Waals surface area contributed by atoms with Crippen LogP contribution in [0.25, 0.3) is 0 Å². The zero-order chi connectivity index (χ0) is 14.4. The van der Waals surface area contributed by atoms with E-state index in [4.69, 9.17) is 0 Å². The molecule has 1 aromatic heterocycles. The van der Waals surface area contributed by atoms with Crippen molar-refractivity contribution in [1.29, 1.82) is 0 Å². The van der Waals surface area contributed by atoms with Crippen LogP contribution in [0.5, 0.6) is 0 Å². The Hall–Kier alpha value is -0.520. The molecular weight excluding hydrogens is 288 g/mol. The number of carbonyl (C=O) groups is 1. The Morgan fingerprint density at radius 3 is 2.90 bits per heavy atom. The highest BCUT2D eigenvalue weighted by molar-refractivity contribution is 7.98. The number of nitrogens with zero attached hydrogens (tertiary/aromatic N) is 1. The molecule has 1 amide bonds. The lowest BCUT2D eigenvalue weighted by atomic mass is 10.2. The SMILES string of the molecule is CCC1NC(c2ccsc2)N(CCCCCSC)C1=O. The molecule has 2 rings (SSSR count). The topological polar surface area (TPSA) is 32.3 Å². The van der Waals surface area contributed by atoms with Crippen LogP contribution in [0.4, 0.5) is 0 Å². The second-order valence-electron chi connectivity index (χ2n) is 5.17. The number of rotatable bonds is 8. The lowest BCUT2D eigenvalue weighted by Crippen LogP contribution is -2.31. The molecule has 2 heterocycles. The fourth-order valence-electron chi connectivity index (χ4n) is 2.62. The maximum Gasteiger partial charge on any atom is 0.241 e. The van der Waals surface area contributed by atoms with Crippen molar-refractivity contribution in [2.45, 2.75) is 44.8 Å². The Morgan fingerprint density at radius 2 is 2.25 bits per heavy atom. The van der Waals surface area contributed by atoms with Crippen LogP contribution in [-0.4, -0.2) is 35.4 Å². The standard InChI is InChI=1S/C15H24N2OS2/c1-3-13-15(18)17(8-5-4-6-9-19-2)14(16-13)12-7-10-20-11-12/h7,10-11,13-14,16H,3-6,8-9H2,1-2H3. The van der Waals surface area contributed by atoms with Gasteiger partial charge in [0, 0.05) is 6.54 Å². The highest BCUT2D eigenvalue weighted by atomic mass is 32.2. The molecule has 0 aliphatic carbocycles. The maximum absolute atomic E-state index is 12.4. The fraction of sp³-hybridized carbons (Fsp3) is 0.667. The van der Waals surface area contributed by atoms with Crippen molar-refractivity contribution >= 4 is 29.0 Å². The minimum Gasteiger partial charge on any atom is -0.322 e. The predicted octanol–water partition coefficient (Wildman–Crippen LogP) is 3.49. The van der Waals surface area contributed by atoms with Crippen LogP contribution in [0.15, 0.2) is 16.8 Å². The fourth-order valence-corrected chi connectivity index (χ4v) is 3.79. The Bertz CT molecular complexity index is 408. The average molecular weight is 313 g/mol. The van der Waals surface area contributed by atoms with Crippen molar-refractivity contribution in [1.82, 2.24) is 10.2 Å². The second kappa shape index (κ2) is 8.05. The first-order valence-electron chi connectivity index (χ1n) is 7.35. The summed E-state index contributed by atoms with van der Waals surface area (Å²) in [6.07, 6.45) is 6.65. The van der Waals surface area contributed by atoms with Gasteiger partial charge in [-0.3, -0.25) is 10.1 Å². The zero-order valence-corrected chi connectivity index (χ0v) is 13.9. The molecule has 112 valence electrons. The third kappa shape index (κ3) is 3.77. The molecule has 0 bridgehead atoms. The monoisotopic (exact) mass is 312 g/mol. The second-order valence-corrected chi connectivity index (χ2v) is 6.94. The predicted molar refractivity (Wildman–Crippen MR) is 88.2 cm³/mol. The van der Waals surface area contributed by atoms with E-state index in [1.165, 1.54) is 24.2 Å². The van der Waals surface area contributed by atoms with E-state index in [9.17, 15) is 4.79 Å². The minimum absolute atomic E-state index is 0.00824. The molecule has 0 spiro atoms. The number of carbonyl (C=O) groups excluding carboxylic acids is 1. The molecule has 1 saturated heterocycles. The first-order chi connectivity index (χ1) is 9.77. The van der Waals surface area contributed by atoms with Gasteiger partial charge in [0.1, 0.15) is 6.17 Å². The van der Waals surface area contributed by atoms with Crippen molar-refractivity contribution < 1.29 is 4.79 Å². The summed E-state index contributed by atoms with van der Waals surface area (Å²) < 4.78 is 0. The van der Waals surface area contributed by atoms with Gasteiger partial charge in [-0.05, 0) is 53.7 Å². The molecule has 5 heteroatoms. The van der Waals surface area contributed by atoms with Gasteiger partial charge in [-0.25, -0.2) is 0 Å². The Kier molecular flexibility index (Phi) is 6.39. The van der Waals surface area contributed by atoms with Crippen molar-refractivity contribution in [2.24, 2.45) is 0 Å². The van der Waals surface area contributed by atoms with Gasteiger partial charge >= 0.3 is 0 Å². The van der Waals surface area contributed by atoms with Gasteiger partial charge in [0.2, 0.25) is 5.91 Å². The number of amides is 1. The summed E-state index contributed by atoms with van der Waals surface area (Å²) in [5.41, 5.74) is 1.23. The van der Waals surface area contributed by atoms with Crippen LogP contribution in [0.1, 0.15) is 44.3 Å². The molecule has 1 aliphatic rings. The summed E-state index contributed by atoms with van der Waals surface area (Å²) >= 11 is 3.59. The number of nitrogens with one attached hydrogen (secondary N) is 1. The van der Waals surface area contributed by atoms with Gasteiger partial charge in [-0.1, -0.05) is 13.3 Å². The molecule has 20 heavy (non-hydrogen) atoms. The van der Waals surface area contributed by atoms with Crippen molar-refractivity contribution in [2.75, 3.05) is 18.6 Å². The van der Waals surface area contributed by atoms with Crippen LogP contribution in [0.2, 0.25) is 0 Å². The first kappa shape index (κ1) is 15.9. The van der Waals surface area contributed by atoms with Gasteiger partial charge in [0.05, 0.1) is 6.04 Å². The van der Waals surface area contributed by atoms with Gasteiger partial charge in [-0.15, -0.1) is 0 Å². The first-order valence-corrected chi connectivity index (χ1v) is 9.69. The van der Waals surface area contributed by atoms with Crippen LogP contribution in [0, 0.1) is 0 Å². The van der Waals surface area contributed by atoms with Crippen molar-refractivity contribution in [3.8, 4) is 0 Å².